The number of likely N-dealkylation sites (tertiary alicyclic amines) is 1. The molecule has 2 N–H and O–H groups in total. The van der Waals surface area contributed by atoms with Gasteiger partial charge in [-0.25, -0.2) is 18.8 Å². The summed E-state index contributed by atoms with van der Waals surface area (Å²) in [6.45, 7) is 11.4. The van der Waals surface area contributed by atoms with Gasteiger partial charge in [-0.3, -0.25) is 4.79 Å². The highest BCUT2D eigenvalue weighted by Crippen LogP contribution is 2.23. The lowest BCUT2D eigenvalue weighted by Gasteiger charge is -2.39. The van der Waals surface area contributed by atoms with Crippen molar-refractivity contribution in [2.75, 3.05) is 39.4 Å². The van der Waals surface area contributed by atoms with Crippen molar-refractivity contribution in [3.63, 3.8) is 0 Å². The van der Waals surface area contributed by atoms with Gasteiger partial charge in [-0.2, -0.15) is 0 Å². The molecule has 12 heteroatoms. The van der Waals surface area contributed by atoms with E-state index in [-0.39, 0.29) is 29.9 Å². The molecule has 2 heterocycles. The number of benzene rings is 2. The van der Waals surface area contributed by atoms with Crippen LogP contribution < -0.4 is 4.74 Å². The van der Waals surface area contributed by atoms with Crippen LogP contribution in [0.25, 0.3) is 0 Å². The predicted molar refractivity (Wildman–Crippen MR) is 169 cm³/mol. The van der Waals surface area contributed by atoms with Gasteiger partial charge in [0, 0.05) is 32.2 Å². The molecule has 11 nitrogen and oxygen atoms in total. The Morgan fingerprint density at radius 3 is 2.15 bits per heavy atom. The van der Waals surface area contributed by atoms with Gasteiger partial charge in [0.25, 0.3) is 0 Å². The van der Waals surface area contributed by atoms with Crippen molar-refractivity contribution in [2.45, 2.75) is 71.5 Å². The Morgan fingerprint density at radius 1 is 0.978 bits per heavy atom. The van der Waals surface area contributed by atoms with Gasteiger partial charge in [0.15, 0.2) is 0 Å². The molecule has 46 heavy (non-hydrogen) atoms. The maximum atomic E-state index is 13.6. The molecule has 2 aliphatic rings. The Kier molecular flexibility index (Phi) is 14.3. The first-order valence-corrected chi connectivity index (χ1v) is 15.9. The molecule has 2 aliphatic heterocycles. The number of amides is 2. The number of carbonyl (C=O) groups is 4. The zero-order valence-corrected chi connectivity index (χ0v) is 26.9. The number of nitrogens with zero attached hydrogens (tertiary/aromatic N) is 3. The van der Waals surface area contributed by atoms with Gasteiger partial charge in [-0.15, -0.1) is 0 Å². The summed E-state index contributed by atoms with van der Waals surface area (Å²) in [5, 5.41) is 14.8. The molecule has 0 aliphatic carbocycles. The molecular formula is C34H46FN3O8. The minimum absolute atomic E-state index is 0.0808. The van der Waals surface area contributed by atoms with Gasteiger partial charge >= 0.3 is 18.0 Å². The third kappa shape index (κ3) is 11.3. The number of rotatable bonds is 13. The maximum Gasteiger partial charge on any atom is 0.414 e. The Labute approximate surface area is 269 Å². The fourth-order valence-electron chi connectivity index (χ4n) is 5.60. The number of carboxylic acids is 2. The first kappa shape index (κ1) is 36.3. The van der Waals surface area contributed by atoms with E-state index in [1.807, 2.05) is 34.1 Å². The van der Waals surface area contributed by atoms with E-state index in [1.165, 1.54) is 12.1 Å². The molecule has 0 aromatic heterocycles. The van der Waals surface area contributed by atoms with Crippen LogP contribution in [-0.2, 0) is 32.1 Å². The molecule has 0 spiro atoms. The van der Waals surface area contributed by atoms with Crippen LogP contribution in [0.2, 0.25) is 0 Å². The predicted octanol–water partition coefficient (Wildman–Crippen LogP) is 4.67. The van der Waals surface area contributed by atoms with Crippen molar-refractivity contribution in [2.24, 2.45) is 5.92 Å². The lowest BCUT2D eigenvalue weighted by Crippen LogP contribution is -2.48. The van der Waals surface area contributed by atoms with Crippen LogP contribution in [0.15, 0.2) is 48.5 Å². The van der Waals surface area contributed by atoms with E-state index in [9.17, 15) is 14.0 Å². The van der Waals surface area contributed by atoms with Crippen molar-refractivity contribution in [3.8, 4) is 5.75 Å². The molecule has 2 saturated heterocycles. The molecule has 0 saturated carbocycles. The number of ether oxygens (including phenoxy) is 2. The highest BCUT2D eigenvalue weighted by Gasteiger charge is 2.34. The van der Waals surface area contributed by atoms with Crippen molar-refractivity contribution >= 4 is 23.9 Å². The first-order valence-electron chi connectivity index (χ1n) is 15.9. The molecule has 1 atom stereocenters. The number of halogens is 1. The average Bonchev–Trinajstić information content (AvgIpc) is 3.41. The third-order valence-electron chi connectivity index (χ3n) is 8.17. The molecule has 252 valence electrons. The van der Waals surface area contributed by atoms with Crippen LogP contribution in [0.5, 0.6) is 5.75 Å². The van der Waals surface area contributed by atoms with E-state index in [0.29, 0.717) is 38.6 Å². The van der Waals surface area contributed by atoms with Gasteiger partial charge < -0.3 is 34.4 Å². The monoisotopic (exact) mass is 643 g/mol. The molecule has 4 rings (SSSR count). The van der Waals surface area contributed by atoms with E-state index in [0.717, 1.165) is 62.2 Å². The smallest absolute Gasteiger partial charge is 0.414 e. The van der Waals surface area contributed by atoms with Crippen LogP contribution in [-0.4, -0.2) is 100 Å². The SMILES string of the molecule is CCCOc1ccc(CC(=O)N(Cc2ccc(F)cc2)C2CCN(CCCN3C(=O)OC[C@@H]3C(C)C)CC2)cc1.O=C(O)C(=O)O. The van der Waals surface area contributed by atoms with Crippen molar-refractivity contribution in [3.05, 3.63) is 65.5 Å². The summed E-state index contributed by atoms with van der Waals surface area (Å²) in [5.41, 5.74) is 1.88. The molecule has 0 unspecified atom stereocenters. The maximum absolute atomic E-state index is 13.6. The van der Waals surface area contributed by atoms with Crippen molar-refractivity contribution in [1.82, 2.24) is 14.7 Å². The van der Waals surface area contributed by atoms with E-state index in [2.05, 4.69) is 25.7 Å². The van der Waals surface area contributed by atoms with Crippen molar-refractivity contribution < 1.29 is 43.3 Å². The second kappa shape index (κ2) is 18.1. The summed E-state index contributed by atoms with van der Waals surface area (Å²) in [6, 6.07) is 14.5. The Bertz CT molecular complexity index is 1270. The number of carbonyl (C=O) groups excluding carboxylic acids is 2. The molecule has 2 fully saturated rings. The van der Waals surface area contributed by atoms with Crippen LogP contribution in [0.4, 0.5) is 9.18 Å². The summed E-state index contributed by atoms with van der Waals surface area (Å²) in [4.78, 5) is 50.2. The Morgan fingerprint density at radius 2 is 1.59 bits per heavy atom. The molecule has 2 aromatic rings. The van der Waals surface area contributed by atoms with Gasteiger partial charge in [0.05, 0.1) is 19.1 Å². The summed E-state index contributed by atoms with van der Waals surface area (Å²) in [6.07, 6.45) is 3.74. The fourth-order valence-corrected chi connectivity index (χ4v) is 5.60. The minimum atomic E-state index is -1.82. The van der Waals surface area contributed by atoms with Gasteiger partial charge in [-0.1, -0.05) is 45.0 Å². The van der Waals surface area contributed by atoms with E-state index in [1.54, 1.807) is 12.1 Å². The quantitative estimate of drug-likeness (QED) is 0.298. The topological polar surface area (TPSA) is 137 Å². The zero-order chi connectivity index (χ0) is 33.6. The molecule has 0 bridgehead atoms. The number of hydrogen-bond donors (Lipinski definition) is 2. The summed E-state index contributed by atoms with van der Waals surface area (Å²) >= 11 is 0. The summed E-state index contributed by atoms with van der Waals surface area (Å²) < 4.78 is 24.5. The number of cyclic esters (lactones) is 1. The fraction of sp³-hybridized carbons (Fsp3) is 0.529. The van der Waals surface area contributed by atoms with E-state index < -0.39 is 11.9 Å². The molecule has 0 radical (unpaired) electrons. The number of piperidine rings is 1. The second-order valence-electron chi connectivity index (χ2n) is 11.9. The first-order chi connectivity index (χ1) is 22.0. The number of hydrogen-bond acceptors (Lipinski definition) is 7. The van der Waals surface area contributed by atoms with Crippen LogP contribution in [0, 0.1) is 11.7 Å². The standard InChI is InChI=1S/C32H44FN3O4.C2H2O4/c1-4-20-39-29-12-8-25(9-13-29)21-31(37)36(22-26-6-10-27(33)11-7-26)28-14-18-34(19-15-28)16-5-17-35-30(24(2)3)23-40-32(35)38;3-1(4)2(5)6/h6-13,24,28,30H,4-5,14-23H2,1-3H3;(H,3,4)(H,5,6)/t30-;/m1./s1. The summed E-state index contributed by atoms with van der Waals surface area (Å²) in [7, 11) is 0. The summed E-state index contributed by atoms with van der Waals surface area (Å²) in [5.74, 6) is -2.65. The highest BCUT2D eigenvalue weighted by molar-refractivity contribution is 6.27. The van der Waals surface area contributed by atoms with E-state index in [4.69, 9.17) is 29.3 Å². The normalized spacial score (nSPS) is 16.8. The Hall–Kier alpha value is -4.19. The zero-order valence-electron chi connectivity index (χ0n) is 26.9. The largest absolute Gasteiger partial charge is 0.494 e. The van der Waals surface area contributed by atoms with Gasteiger partial charge in [-0.05, 0) is 73.5 Å². The second-order valence-corrected chi connectivity index (χ2v) is 11.9. The number of carboxylic acid groups (broad SMARTS) is 2. The molecule has 2 amide bonds. The lowest BCUT2D eigenvalue weighted by atomic mass is 10.00. The van der Waals surface area contributed by atoms with Gasteiger partial charge in [0.2, 0.25) is 5.91 Å². The van der Waals surface area contributed by atoms with Gasteiger partial charge in [0.1, 0.15) is 18.2 Å². The van der Waals surface area contributed by atoms with E-state index >= 15 is 0 Å². The minimum Gasteiger partial charge on any atom is -0.494 e. The van der Waals surface area contributed by atoms with Crippen LogP contribution >= 0.6 is 0 Å². The molecular weight excluding hydrogens is 597 g/mol. The molecule has 2 aromatic carbocycles. The lowest BCUT2D eigenvalue weighted by molar-refractivity contribution is -0.159. The Balaban J connectivity index is 0.000000875. The average molecular weight is 644 g/mol. The van der Waals surface area contributed by atoms with Crippen LogP contribution in [0.1, 0.15) is 57.6 Å². The third-order valence-corrected chi connectivity index (χ3v) is 8.17. The highest BCUT2D eigenvalue weighted by atomic mass is 19.1. The number of aliphatic carboxylic acids is 2. The van der Waals surface area contributed by atoms with Crippen LogP contribution in [0.3, 0.4) is 0 Å². The van der Waals surface area contributed by atoms with Crippen molar-refractivity contribution in [1.29, 1.82) is 0 Å².